The smallest absolute Gasteiger partial charge is 0.243 e. The number of benzene rings is 2. The van der Waals surface area contributed by atoms with Gasteiger partial charge in [0.1, 0.15) is 0 Å². The molecule has 0 radical (unpaired) electrons. The van der Waals surface area contributed by atoms with Gasteiger partial charge in [-0.15, -0.1) is 0 Å². The normalized spacial score (nSPS) is 22.4. The van der Waals surface area contributed by atoms with E-state index in [1.807, 2.05) is 37.3 Å². The van der Waals surface area contributed by atoms with Gasteiger partial charge in [-0.3, -0.25) is 0 Å². The summed E-state index contributed by atoms with van der Waals surface area (Å²) < 4.78 is 27.2. The van der Waals surface area contributed by atoms with Gasteiger partial charge in [0.15, 0.2) is 0 Å². The maximum absolute atomic E-state index is 12.8. The van der Waals surface area contributed by atoms with Crippen LogP contribution in [0.2, 0.25) is 0 Å². The van der Waals surface area contributed by atoms with Crippen molar-refractivity contribution in [2.75, 3.05) is 19.7 Å². The number of piperidine rings is 1. The first-order valence-electron chi connectivity index (χ1n) is 8.25. The van der Waals surface area contributed by atoms with Gasteiger partial charge in [0.25, 0.3) is 0 Å². The Bertz CT molecular complexity index is 772. The lowest BCUT2D eigenvalue weighted by Gasteiger charge is -2.37. The molecule has 1 heterocycles. The van der Waals surface area contributed by atoms with E-state index >= 15 is 0 Å². The van der Waals surface area contributed by atoms with Crippen molar-refractivity contribution in [3.05, 3.63) is 65.7 Å². The van der Waals surface area contributed by atoms with Crippen LogP contribution in [0.15, 0.2) is 59.5 Å². The molecule has 4 nitrogen and oxygen atoms in total. The zero-order valence-electron chi connectivity index (χ0n) is 13.8. The van der Waals surface area contributed by atoms with Crippen molar-refractivity contribution in [3.63, 3.8) is 0 Å². The molecule has 0 aliphatic carbocycles. The van der Waals surface area contributed by atoms with Crippen LogP contribution in [0.25, 0.3) is 0 Å². The minimum Gasteiger partial charge on any atom is -0.396 e. The average molecular weight is 345 g/mol. The highest BCUT2D eigenvalue weighted by molar-refractivity contribution is 7.89. The molecule has 0 aromatic heterocycles. The molecule has 128 valence electrons. The highest BCUT2D eigenvalue weighted by atomic mass is 32.2. The Labute approximate surface area is 143 Å². The van der Waals surface area contributed by atoms with Gasteiger partial charge in [-0.05, 0) is 37.0 Å². The Morgan fingerprint density at radius 3 is 2.38 bits per heavy atom. The summed E-state index contributed by atoms with van der Waals surface area (Å²) in [4.78, 5) is 0.322. The van der Waals surface area contributed by atoms with Crippen molar-refractivity contribution in [1.82, 2.24) is 4.31 Å². The molecule has 2 atom stereocenters. The van der Waals surface area contributed by atoms with E-state index in [0.717, 1.165) is 12.0 Å². The molecule has 0 bridgehead atoms. The minimum absolute atomic E-state index is 0.0144. The Kier molecular flexibility index (Phi) is 5.04. The lowest BCUT2D eigenvalue weighted by atomic mass is 9.82. The van der Waals surface area contributed by atoms with Crippen LogP contribution in [0.3, 0.4) is 0 Å². The van der Waals surface area contributed by atoms with Crippen molar-refractivity contribution >= 4 is 10.0 Å². The summed E-state index contributed by atoms with van der Waals surface area (Å²) in [5.41, 5.74) is 2.20. The van der Waals surface area contributed by atoms with Crippen LogP contribution in [-0.4, -0.2) is 37.5 Å². The first kappa shape index (κ1) is 17.1. The fourth-order valence-electron chi connectivity index (χ4n) is 3.40. The molecule has 1 aliphatic rings. The second-order valence-corrected chi connectivity index (χ2v) is 8.36. The molecule has 24 heavy (non-hydrogen) atoms. The standard InChI is InChI=1S/C19H23NO3S/c1-15-7-9-18(10-8-15)24(22,23)20-12-11-19(17(13-20)14-21)16-5-3-2-4-6-16/h2-10,17,19,21H,11-14H2,1H3/t17-,19-/m1/s1. The van der Waals surface area contributed by atoms with E-state index < -0.39 is 10.0 Å². The lowest BCUT2D eigenvalue weighted by Crippen LogP contribution is -2.44. The number of aliphatic hydroxyl groups excluding tert-OH is 1. The lowest BCUT2D eigenvalue weighted by molar-refractivity contribution is 0.144. The maximum atomic E-state index is 12.8. The van der Waals surface area contributed by atoms with Crippen LogP contribution in [0, 0.1) is 12.8 Å². The van der Waals surface area contributed by atoms with Gasteiger partial charge in [-0.25, -0.2) is 8.42 Å². The number of nitrogens with zero attached hydrogens (tertiary/aromatic N) is 1. The van der Waals surface area contributed by atoms with Gasteiger partial charge in [0.2, 0.25) is 10.0 Å². The highest BCUT2D eigenvalue weighted by Gasteiger charge is 2.35. The number of aryl methyl sites for hydroxylation is 1. The molecule has 1 saturated heterocycles. The summed E-state index contributed by atoms with van der Waals surface area (Å²) >= 11 is 0. The molecule has 1 aliphatic heterocycles. The Morgan fingerprint density at radius 1 is 1.08 bits per heavy atom. The van der Waals surface area contributed by atoms with Crippen LogP contribution >= 0.6 is 0 Å². The Hall–Kier alpha value is -1.69. The second kappa shape index (κ2) is 7.05. The topological polar surface area (TPSA) is 57.6 Å². The molecule has 5 heteroatoms. The number of sulfonamides is 1. The van der Waals surface area contributed by atoms with Crippen LogP contribution in [0.1, 0.15) is 23.5 Å². The van der Waals surface area contributed by atoms with Gasteiger partial charge < -0.3 is 5.11 Å². The molecule has 0 spiro atoms. The van der Waals surface area contributed by atoms with Crippen molar-refractivity contribution in [1.29, 1.82) is 0 Å². The molecule has 3 rings (SSSR count). The number of hydrogen-bond donors (Lipinski definition) is 1. The summed E-state index contributed by atoms with van der Waals surface area (Å²) in [6.45, 7) is 2.75. The SMILES string of the molecule is Cc1ccc(S(=O)(=O)N2CC[C@H](c3ccccc3)[C@@H](CO)C2)cc1. The Morgan fingerprint density at radius 2 is 1.75 bits per heavy atom. The Balaban J connectivity index is 1.81. The molecule has 2 aromatic rings. The van der Waals surface area contributed by atoms with Gasteiger partial charge in [0.05, 0.1) is 4.90 Å². The fourth-order valence-corrected chi connectivity index (χ4v) is 4.91. The monoisotopic (exact) mass is 345 g/mol. The van der Waals surface area contributed by atoms with E-state index in [4.69, 9.17) is 0 Å². The molecule has 1 fully saturated rings. The van der Waals surface area contributed by atoms with E-state index in [1.54, 1.807) is 12.1 Å². The third kappa shape index (κ3) is 3.38. The summed E-state index contributed by atoms with van der Waals surface area (Å²) in [6, 6.07) is 17.0. The van der Waals surface area contributed by atoms with Crippen LogP contribution in [-0.2, 0) is 10.0 Å². The van der Waals surface area contributed by atoms with E-state index in [-0.39, 0.29) is 18.4 Å². The zero-order chi connectivity index (χ0) is 17.2. The van der Waals surface area contributed by atoms with Crippen molar-refractivity contribution < 1.29 is 13.5 Å². The quantitative estimate of drug-likeness (QED) is 0.927. The molecular weight excluding hydrogens is 322 g/mol. The third-order valence-corrected chi connectivity index (χ3v) is 6.70. The van der Waals surface area contributed by atoms with E-state index in [1.165, 1.54) is 9.87 Å². The molecule has 0 saturated carbocycles. The molecule has 2 aromatic carbocycles. The maximum Gasteiger partial charge on any atom is 0.243 e. The van der Waals surface area contributed by atoms with E-state index in [2.05, 4.69) is 12.1 Å². The third-order valence-electron chi connectivity index (χ3n) is 4.82. The first-order chi connectivity index (χ1) is 11.5. The summed E-state index contributed by atoms with van der Waals surface area (Å²) in [5.74, 6) is 0.113. The number of rotatable bonds is 4. The second-order valence-electron chi connectivity index (χ2n) is 6.42. The summed E-state index contributed by atoms with van der Waals surface area (Å²) in [7, 11) is -3.51. The molecular formula is C19H23NO3S. The van der Waals surface area contributed by atoms with Gasteiger partial charge in [0, 0.05) is 25.6 Å². The van der Waals surface area contributed by atoms with Gasteiger partial charge in [-0.2, -0.15) is 4.31 Å². The van der Waals surface area contributed by atoms with E-state index in [9.17, 15) is 13.5 Å². The predicted molar refractivity (Wildman–Crippen MR) is 94.3 cm³/mol. The fraction of sp³-hybridized carbons (Fsp3) is 0.368. The van der Waals surface area contributed by atoms with Gasteiger partial charge in [-0.1, -0.05) is 48.0 Å². The summed E-state index contributed by atoms with van der Waals surface area (Å²) in [6.07, 6.45) is 0.723. The molecule has 1 N–H and O–H groups in total. The largest absolute Gasteiger partial charge is 0.396 e. The van der Waals surface area contributed by atoms with Crippen molar-refractivity contribution in [3.8, 4) is 0 Å². The van der Waals surface area contributed by atoms with Crippen LogP contribution in [0.5, 0.6) is 0 Å². The van der Waals surface area contributed by atoms with Gasteiger partial charge >= 0.3 is 0 Å². The van der Waals surface area contributed by atoms with Crippen molar-refractivity contribution in [2.45, 2.75) is 24.2 Å². The van der Waals surface area contributed by atoms with Crippen molar-refractivity contribution in [2.24, 2.45) is 5.92 Å². The predicted octanol–water partition coefficient (Wildman–Crippen LogP) is 2.78. The van der Waals surface area contributed by atoms with Crippen LogP contribution < -0.4 is 0 Å². The number of hydrogen-bond acceptors (Lipinski definition) is 3. The molecule has 0 unspecified atom stereocenters. The minimum atomic E-state index is -3.51. The first-order valence-corrected chi connectivity index (χ1v) is 9.69. The van der Waals surface area contributed by atoms with Crippen LogP contribution in [0.4, 0.5) is 0 Å². The summed E-state index contributed by atoms with van der Waals surface area (Å²) in [5, 5.41) is 9.79. The highest BCUT2D eigenvalue weighted by Crippen LogP contribution is 2.34. The van der Waals surface area contributed by atoms with E-state index in [0.29, 0.717) is 18.0 Å². The average Bonchev–Trinajstić information content (AvgIpc) is 2.62. The molecule has 0 amide bonds. The number of aliphatic hydroxyl groups is 1. The zero-order valence-corrected chi connectivity index (χ0v) is 14.6.